The van der Waals surface area contributed by atoms with Crippen LogP contribution in [0.3, 0.4) is 0 Å². The highest BCUT2D eigenvalue weighted by molar-refractivity contribution is 6.09. The zero-order chi connectivity index (χ0) is 23.1. The van der Waals surface area contributed by atoms with Crippen LogP contribution in [0.25, 0.3) is 0 Å². The van der Waals surface area contributed by atoms with E-state index in [0.717, 1.165) is 0 Å². The van der Waals surface area contributed by atoms with Gasteiger partial charge in [-0.15, -0.1) is 0 Å². The lowest BCUT2D eigenvalue weighted by atomic mass is 10.0. The molecule has 0 atom stereocenters. The van der Waals surface area contributed by atoms with Crippen LogP contribution in [-0.2, 0) is 14.4 Å². The fraction of sp³-hybridized carbons (Fsp3) is 0.0833. The fourth-order valence-corrected chi connectivity index (χ4v) is 2.70. The average Bonchev–Trinajstić information content (AvgIpc) is 2.86. The van der Waals surface area contributed by atoms with E-state index < -0.39 is 17.9 Å². The third-order valence-corrected chi connectivity index (χ3v) is 4.44. The third-order valence-electron chi connectivity index (χ3n) is 4.44. The normalized spacial score (nSPS) is 10.1. The molecular formula is C24H18O8. The number of hydrogen-bond donors (Lipinski definition) is 0. The Balaban J connectivity index is 1.60. The van der Waals surface area contributed by atoms with Crippen molar-refractivity contribution in [2.45, 2.75) is 0 Å². The Hall–Kier alpha value is -4.46. The quantitative estimate of drug-likeness (QED) is 0.240. The summed E-state index contributed by atoms with van der Waals surface area (Å²) in [6.45, 7) is 0. The summed E-state index contributed by atoms with van der Waals surface area (Å²) in [4.78, 5) is 57.4. The topological polar surface area (TPSA) is 105 Å². The van der Waals surface area contributed by atoms with E-state index in [-0.39, 0.29) is 17.1 Å². The standard InChI is InChI=1S/C24H18O8/c1-29-22(26)17-7-3-15(4-8-17)21(25)16-5-9-19(10-6-16)24(28)32-31-20-13-11-18(12-14-20)23(27)30-2/h3-14H,1-2H3. The van der Waals surface area contributed by atoms with Crippen LogP contribution in [0.1, 0.15) is 47.0 Å². The maximum absolute atomic E-state index is 12.6. The van der Waals surface area contributed by atoms with Gasteiger partial charge in [0.05, 0.1) is 30.9 Å². The molecule has 0 bridgehead atoms. The fourth-order valence-electron chi connectivity index (χ4n) is 2.70. The van der Waals surface area contributed by atoms with E-state index >= 15 is 0 Å². The SMILES string of the molecule is COC(=O)c1ccc(OOC(=O)c2ccc(C(=O)c3ccc(C(=O)OC)cc3)cc2)cc1. The smallest absolute Gasteiger partial charge is 0.386 e. The van der Waals surface area contributed by atoms with E-state index in [4.69, 9.17) is 9.78 Å². The summed E-state index contributed by atoms with van der Waals surface area (Å²) in [7, 11) is 2.55. The summed E-state index contributed by atoms with van der Waals surface area (Å²) >= 11 is 0. The van der Waals surface area contributed by atoms with E-state index in [1.165, 1.54) is 87.0 Å². The molecule has 0 spiro atoms. The second-order valence-electron chi connectivity index (χ2n) is 6.45. The van der Waals surface area contributed by atoms with Gasteiger partial charge < -0.3 is 9.47 Å². The van der Waals surface area contributed by atoms with Crippen LogP contribution in [0, 0.1) is 0 Å². The van der Waals surface area contributed by atoms with Crippen molar-refractivity contribution in [3.8, 4) is 5.75 Å². The zero-order valence-electron chi connectivity index (χ0n) is 17.2. The number of rotatable bonds is 7. The van der Waals surface area contributed by atoms with E-state index in [9.17, 15) is 19.2 Å². The van der Waals surface area contributed by atoms with Crippen LogP contribution >= 0.6 is 0 Å². The first-order valence-corrected chi connectivity index (χ1v) is 9.33. The van der Waals surface area contributed by atoms with Crippen molar-refractivity contribution >= 4 is 23.7 Å². The predicted octanol–water partition coefficient (Wildman–Crippen LogP) is 3.64. The molecule has 0 aliphatic heterocycles. The lowest BCUT2D eigenvalue weighted by molar-refractivity contribution is -0.149. The van der Waals surface area contributed by atoms with Crippen molar-refractivity contribution in [2.24, 2.45) is 0 Å². The zero-order valence-corrected chi connectivity index (χ0v) is 17.2. The molecule has 0 saturated heterocycles. The number of carbonyl (C=O) groups excluding carboxylic acids is 4. The maximum atomic E-state index is 12.6. The number of esters is 2. The Labute approximate surface area is 183 Å². The second kappa shape index (κ2) is 10.0. The molecule has 0 N–H and O–H groups in total. The Morgan fingerprint density at radius 1 is 0.500 bits per heavy atom. The molecule has 3 rings (SSSR count). The van der Waals surface area contributed by atoms with Crippen molar-refractivity contribution < 1.29 is 38.4 Å². The number of hydrogen-bond acceptors (Lipinski definition) is 8. The molecule has 0 aromatic heterocycles. The van der Waals surface area contributed by atoms with Gasteiger partial charge >= 0.3 is 17.9 Å². The monoisotopic (exact) mass is 434 g/mol. The lowest BCUT2D eigenvalue weighted by Crippen LogP contribution is -2.09. The third kappa shape index (κ3) is 5.17. The van der Waals surface area contributed by atoms with Gasteiger partial charge in [0.2, 0.25) is 0 Å². The molecular weight excluding hydrogens is 416 g/mol. The van der Waals surface area contributed by atoms with Gasteiger partial charge in [-0.2, -0.15) is 0 Å². The molecule has 0 fully saturated rings. The molecule has 32 heavy (non-hydrogen) atoms. The number of methoxy groups -OCH3 is 2. The van der Waals surface area contributed by atoms with Crippen LogP contribution in [0.4, 0.5) is 0 Å². The molecule has 0 amide bonds. The first kappa shape index (κ1) is 22.2. The van der Waals surface area contributed by atoms with Crippen LogP contribution in [0.2, 0.25) is 0 Å². The molecule has 0 heterocycles. The Morgan fingerprint density at radius 2 is 0.844 bits per heavy atom. The molecule has 0 unspecified atom stereocenters. The van der Waals surface area contributed by atoms with Gasteiger partial charge in [-0.25, -0.2) is 19.3 Å². The number of ketones is 1. The molecule has 3 aromatic rings. The molecule has 8 heteroatoms. The molecule has 0 aliphatic carbocycles. The van der Waals surface area contributed by atoms with E-state index in [2.05, 4.69) is 9.47 Å². The first-order valence-electron chi connectivity index (χ1n) is 9.33. The van der Waals surface area contributed by atoms with Crippen LogP contribution in [-0.4, -0.2) is 37.9 Å². The van der Waals surface area contributed by atoms with Crippen LogP contribution < -0.4 is 4.89 Å². The van der Waals surface area contributed by atoms with Crippen molar-refractivity contribution in [2.75, 3.05) is 14.2 Å². The number of carbonyl (C=O) groups is 4. The number of ether oxygens (including phenoxy) is 2. The minimum atomic E-state index is -0.761. The molecule has 0 aliphatic rings. The molecule has 0 radical (unpaired) electrons. The summed E-state index contributed by atoms with van der Waals surface area (Å²) in [5, 5.41) is 0. The van der Waals surface area contributed by atoms with E-state index in [1.54, 1.807) is 0 Å². The molecule has 162 valence electrons. The van der Waals surface area contributed by atoms with Gasteiger partial charge in [0.15, 0.2) is 11.5 Å². The second-order valence-corrected chi connectivity index (χ2v) is 6.45. The van der Waals surface area contributed by atoms with E-state index in [0.29, 0.717) is 22.3 Å². The minimum absolute atomic E-state index is 0.175. The molecule has 3 aromatic carbocycles. The maximum Gasteiger partial charge on any atom is 0.386 e. The molecule has 8 nitrogen and oxygen atoms in total. The molecule has 0 saturated carbocycles. The number of benzene rings is 3. The first-order chi connectivity index (χ1) is 15.4. The Kier molecular flexibility index (Phi) is 6.97. The lowest BCUT2D eigenvalue weighted by Gasteiger charge is -2.06. The summed E-state index contributed by atoms with van der Waals surface area (Å²) < 4.78 is 9.23. The van der Waals surface area contributed by atoms with Crippen LogP contribution in [0.15, 0.2) is 72.8 Å². The highest BCUT2D eigenvalue weighted by Crippen LogP contribution is 2.16. The minimum Gasteiger partial charge on any atom is -0.465 e. The van der Waals surface area contributed by atoms with Crippen LogP contribution in [0.5, 0.6) is 5.75 Å². The Bertz CT molecular complexity index is 1130. The summed E-state index contributed by atoms with van der Waals surface area (Å²) in [5.74, 6) is -1.81. The van der Waals surface area contributed by atoms with E-state index in [1.807, 2.05) is 0 Å². The largest absolute Gasteiger partial charge is 0.465 e. The van der Waals surface area contributed by atoms with Crippen molar-refractivity contribution in [3.63, 3.8) is 0 Å². The Morgan fingerprint density at radius 3 is 1.25 bits per heavy atom. The van der Waals surface area contributed by atoms with Gasteiger partial charge in [0.25, 0.3) is 0 Å². The summed E-state index contributed by atoms with van der Waals surface area (Å²) in [6, 6.07) is 17.7. The van der Waals surface area contributed by atoms with Gasteiger partial charge in [-0.1, -0.05) is 24.3 Å². The van der Waals surface area contributed by atoms with Crippen molar-refractivity contribution in [3.05, 3.63) is 101 Å². The van der Waals surface area contributed by atoms with Gasteiger partial charge in [0, 0.05) is 11.1 Å². The summed E-state index contributed by atoms with van der Waals surface area (Å²) in [6.07, 6.45) is 0. The van der Waals surface area contributed by atoms with Gasteiger partial charge in [0.1, 0.15) is 0 Å². The van der Waals surface area contributed by atoms with Crippen molar-refractivity contribution in [1.29, 1.82) is 0 Å². The highest BCUT2D eigenvalue weighted by Gasteiger charge is 2.14. The van der Waals surface area contributed by atoms with Gasteiger partial charge in [-0.05, 0) is 48.5 Å². The van der Waals surface area contributed by atoms with Crippen molar-refractivity contribution in [1.82, 2.24) is 0 Å². The predicted molar refractivity (Wildman–Crippen MR) is 111 cm³/mol. The van der Waals surface area contributed by atoms with Gasteiger partial charge in [-0.3, -0.25) is 9.68 Å². The highest BCUT2D eigenvalue weighted by atomic mass is 17.2. The summed E-state index contributed by atoms with van der Waals surface area (Å²) in [5.41, 5.74) is 1.57. The average molecular weight is 434 g/mol.